The molecule has 0 spiro atoms. The zero-order chi connectivity index (χ0) is 19.8. The molecular formula is C15H14F3N3O5S. The average molecular weight is 405 g/mol. The Balaban J connectivity index is 2.13. The highest BCUT2D eigenvalue weighted by molar-refractivity contribution is 7.88. The van der Waals surface area contributed by atoms with Gasteiger partial charge in [-0.2, -0.15) is 21.6 Å². The number of nitrogens with zero attached hydrogens (tertiary/aromatic N) is 3. The van der Waals surface area contributed by atoms with Crippen LogP contribution in [0.1, 0.15) is 23.2 Å². The van der Waals surface area contributed by atoms with Crippen molar-refractivity contribution in [2.75, 3.05) is 25.1 Å². The number of aromatic nitrogens is 2. The summed E-state index contributed by atoms with van der Waals surface area (Å²) in [4.78, 5) is 21.3. The van der Waals surface area contributed by atoms with Gasteiger partial charge >= 0.3 is 21.6 Å². The number of hydrogen-bond acceptors (Lipinski definition) is 8. The first-order valence-corrected chi connectivity index (χ1v) is 9.19. The van der Waals surface area contributed by atoms with Crippen LogP contribution in [0, 0.1) is 0 Å². The first-order chi connectivity index (χ1) is 12.6. The fourth-order valence-electron chi connectivity index (χ4n) is 2.62. The fourth-order valence-corrected chi connectivity index (χ4v) is 3.03. The Morgan fingerprint density at radius 2 is 1.81 bits per heavy atom. The maximum Gasteiger partial charge on any atom is 0.534 e. The van der Waals surface area contributed by atoms with Gasteiger partial charge in [0.2, 0.25) is 0 Å². The summed E-state index contributed by atoms with van der Waals surface area (Å²) in [5.41, 5.74) is -5.17. The van der Waals surface area contributed by atoms with Gasteiger partial charge in [-0.05, 0) is 31.0 Å². The number of rotatable bonds is 4. The molecular weight excluding hydrogens is 391 g/mol. The smallest absolute Gasteiger partial charge is 0.465 e. The zero-order valence-corrected chi connectivity index (χ0v) is 14.8. The van der Waals surface area contributed by atoms with E-state index in [2.05, 4.69) is 18.9 Å². The first-order valence-electron chi connectivity index (χ1n) is 7.78. The zero-order valence-electron chi connectivity index (χ0n) is 14.0. The summed E-state index contributed by atoms with van der Waals surface area (Å²) in [6, 6.07) is 4.01. The van der Waals surface area contributed by atoms with E-state index >= 15 is 0 Å². The number of methoxy groups -OCH3 is 1. The molecule has 1 aromatic heterocycles. The summed E-state index contributed by atoms with van der Waals surface area (Å²) in [6.45, 7) is 0.915. The Morgan fingerprint density at radius 3 is 2.41 bits per heavy atom. The van der Waals surface area contributed by atoms with E-state index in [1.54, 1.807) is 4.90 Å². The normalized spacial score (nSPS) is 15.2. The van der Waals surface area contributed by atoms with Crippen LogP contribution in [0.4, 0.5) is 19.0 Å². The van der Waals surface area contributed by atoms with Gasteiger partial charge in [0.05, 0.1) is 23.7 Å². The number of hydrogen-bond donors (Lipinski definition) is 0. The third kappa shape index (κ3) is 3.75. The number of anilines is 1. The van der Waals surface area contributed by atoms with Crippen LogP contribution < -0.4 is 9.08 Å². The second-order valence-corrected chi connectivity index (χ2v) is 7.26. The molecule has 0 saturated carbocycles. The molecule has 0 aliphatic carbocycles. The number of fused-ring (bicyclic) bond motifs is 1. The number of esters is 1. The summed E-state index contributed by atoms with van der Waals surface area (Å²) in [5.74, 6) is -1.51. The van der Waals surface area contributed by atoms with Crippen molar-refractivity contribution in [1.29, 1.82) is 0 Å². The van der Waals surface area contributed by atoms with Crippen molar-refractivity contribution in [2.45, 2.75) is 18.3 Å². The van der Waals surface area contributed by atoms with Crippen LogP contribution in [0.2, 0.25) is 0 Å². The number of benzene rings is 1. The highest BCUT2D eigenvalue weighted by atomic mass is 32.2. The van der Waals surface area contributed by atoms with E-state index in [1.807, 2.05) is 0 Å². The molecule has 1 saturated heterocycles. The average Bonchev–Trinajstić information content (AvgIpc) is 3.13. The van der Waals surface area contributed by atoms with E-state index in [9.17, 15) is 26.4 Å². The van der Waals surface area contributed by atoms with E-state index in [-0.39, 0.29) is 22.4 Å². The molecule has 1 aliphatic heterocycles. The van der Waals surface area contributed by atoms with E-state index in [4.69, 9.17) is 0 Å². The van der Waals surface area contributed by atoms with Crippen LogP contribution in [-0.4, -0.2) is 50.1 Å². The first kappa shape index (κ1) is 19.1. The van der Waals surface area contributed by atoms with Gasteiger partial charge in [-0.1, -0.05) is 0 Å². The monoisotopic (exact) mass is 405 g/mol. The number of carbonyl (C=O) groups excluding carboxylic acids is 1. The molecule has 1 aliphatic rings. The topological polar surface area (TPSA) is 98.7 Å². The van der Waals surface area contributed by atoms with Crippen LogP contribution in [0.15, 0.2) is 18.2 Å². The Hall–Kier alpha value is -2.63. The number of alkyl halides is 3. The number of carbonyl (C=O) groups is 1. The van der Waals surface area contributed by atoms with Crippen LogP contribution in [0.25, 0.3) is 11.0 Å². The minimum Gasteiger partial charge on any atom is -0.465 e. The SMILES string of the molecule is COC(=O)c1ccc2nc(OS(=O)(=O)C(F)(F)F)c(N3CCCC3)nc2c1. The minimum atomic E-state index is -5.90. The maximum absolute atomic E-state index is 12.7. The standard InChI is InChI=1S/C15H14F3N3O5S/c1-25-14(22)9-4-5-10-11(8-9)19-12(21-6-2-3-7-21)13(20-10)26-27(23,24)15(16,17)18/h4-5,8H,2-3,6-7H2,1H3. The van der Waals surface area contributed by atoms with Gasteiger partial charge in [0, 0.05) is 13.1 Å². The van der Waals surface area contributed by atoms with Gasteiger partial charge in [0.25, 0.3) is 5.88 Å². The quantitative estimate of drug-likeness (QED) is 0.434. The van der Waals surface area contributed by atoms with E-state index in [1.165, 1.54) is 25.3 Å². The van der Waals surface area contributed by atoms with Gasteiger partial charge in [0.1, 0.15) is 0 Å². The summed E-state index contributed by atoms with van der Waals surface area (Å²) < 4.78 is 69.8. The Bertz CT molecular complexity index is 988. The molecule has 2 aromatic rings. The van der Waals surface area contributed by atoms with Gasteiger partial charge in [-0.3, -0.25) is 0 Å². The van der Waals surface area contributed by atoms with Crippen molar-refractivity contribution in [3.05, 3.63) is 23.8 Å². The summed E-state index contributed by atoms with van der Waals surface area (Å²) >= 11 is 0. The molecule has 27 heavy (non-hydrogen) atoms. The van der Waals surface area contributed by atoms with Gasteiger partial charge in [-0.15, -0.1) is 0 Å². The van der Waals surface area contributed by atoms with Gasteiger partial charge in [-0.25, -0.2) is 14.8 Å². The van der Waals surface area contributed by atoms with Crippen molar-refractivity contribution in [3.8, 4) is 5.88 Å². The third-order valence-electron chi connectivity index (χ3n) is 3.91. The molecule has 3 rings (SSSR count). The molecule has 2 heterocycles. The van der Waals surface area contributed by atoms with Crippen molar-refractivity contribution < 1.29 is 35.3 Å². The van der Waals surface area contributed by atoms with Crippen molar-refractivity contribution in [1.82, 2.24) is 9.97 Å². The second-order valence-electron chi connectivity index (χ2n) is 5.72. The molecule has 0 radical (unpaired) electrons. The molecule has 1 aromatic carbocycles. The molecule has 12 heteroatoms. The van der Waals surface area contributed by atoms with Crippen molar-refractivity contribution >= 4 is 32.9 Å². The maximum atomic E-state index is 12.7. The largest absolute Gasteiger partial charge is 0.534 e. The molecule has 0 amide bonds. The highest BCUT2D eigenvalue weighted by Gasteiger charge is 2.49. The van der Waals surface area contributed by atoms with E-state index in [0.29, 0.717) is 13.1 Å². The Kier molecular flexibility index (Phi) is 4.84. The molecule has 0 atom stereocenters. The van der Waals surface area contributed by atoms with Crippen LogP contribution in [0.3, 0.4) is 0 Å². The predicted octanol–water partition coefficient (Wildman–Crippen LogP) is 2.25. The summed E-state index contributed by atoms with van der Waals surface area (Å²) in [7, 11) is -4.70. The van der Waals surface area contributed by atoms with Gasteiger partial charge in [0.15, 0.2) is 5.82 Å². The fraction of sp³-hybridized carbons (Fsp3) is 0.400. The molecule has 0 bridgehead atoms. The van der Waals surface area contributed by atoms with E-state index < -0.39 is 27.5 Å². The lowest BCUT2D eigenvalue weighted by molar-refractivity contribution is -0.0501. The Labute approximate surface area is 152 Å². The molecule has 1 fully saturated rings. The van der Waals surface area contributed by atoms with Crippen LogP contribution >= 0.6 is 0 Å². The van der Waals surface area contributed by atoms with E-state index in [0.717, 1.165) is 12.8 Å². The van der Waals surface area contributed by atoms with Crippen LogP contribution in [-0.2, 0) is 14.9 Å². The predicted molar refractivity (Wildman–Crippen MR) is 87.9 cm³/mol. The lowest BCUT2D eigenvalue weighted by Gasteiger charge is -2.20. The second kappa shape index (κ2) is 6.83. The minimum absolute atomic E-state index is 0.0676. The number of ether oxygens (including phenoxy) is 1. The molecule has 0 unspecified atom stereocenters. The molecule has 146 valence electrons. The van der Waals surface area contributed by atoms with Crippen molar-refractivity contribution in [3.63, 3.8) is 0 Å². The molecule has 8 nitrogen and oxygen atoms in total. The van der Waals surface area contributed by atoms with Crippen LogP contribution in [0.5, 0.6) is 5.88 Å². The summed E-state index contributed by atoms with van der Waals surface area (Å²) in [6.07, 6.45) is 1.51. The molecule has 0 N–H and O–H groups in total. The van der Waals surface area contributed by atoms with Gasteiger partial charge < -0.3 is 13.8 Å². The lowest BCUT2D eigenvalue weighted by atomic mass is 10.2. The number of halogens is 3. The summed E-state index contributed by atoms with van der Waals surface area (Å²) in [5, 5.41) is 0. The highest BCUT2D eigenvalue weighted by Crippen LogP contribution is 2.34. The Morgan fingerprint density at radius 1 is 1.15 bits per heavy atom. The third-order valence-corrected chi connectivity index (χ3v) is 4.86. The lowest BCUT2D eigenvalue weighted by Crippen LogP contribution is -2.30. The van der Waals surface area contributed by atoms with Crippen molar-refractivity contribution in [2.24, 2.45) is 0 Å².